The first-order valence-corrected chi connectivity index (χ1v) is 12.2. The molecule has 0 bridgehead atoms. The number of aromatic hydroxyl groups is 1. The molecule has 4 aromatic rings. The molecule has 0 unspecified atom stereocenters. The lowest BCUT2D eigenvalue weighted by atomic mass is 10.1. The van der Waals surface area contributed by atoms with Crippen LogP contribution in [0.1, 0.15) is 16.7 Å². The van der Waals surface area contributed by atoms with Crippen LogP contribution < -0.4 is 4.31 Å². The van der Waals surface area contributed by atoms with E-state index in [-0.39, 0.29) is 29.6 Å². The van der Waals surface area contributed by atoms with Gasteiger partial charge in [-0.2, -0.15) is 9.78 Å². The van der Waals surface area contributed by atoms with E-state index in [1.807, 2.05) is 26.0 Å². The van der Waals surface area contributed by atoms with Crippen LogP contribution in [0.4, 0.5) is 5.82 Å². The van der Waals surface area contributed by atoms with E-state index in [4.69, 9.17) is 11.6 Å². The van der Waals surface area contributed by atoms with Crippen molar-refractivity contribution in [2.45, 2.75) is 25.2 Å². The third-order valence-electron chi connectivity index (χ3n) is 5.74. The first-order valence-electron chi connectivity index (χ1n) is 10.4. The second kappa shape index (κ2) is 7.90. The molecule has 0 spiro atoms. The Balaban J connectivity index is 1.67. The summed E-state index contributed by atoms with van der Waals surface area (Å²) in [5.41, 5.74) is 4.04. The standard InChI is InChI=1S/C24H21ClN4O3S/c1-15-5-8-17(9-6-15)33(31,32)28-13-11-19-22(18-4-3-12-26-23(18)28)27-29(24(19)30)21-14-16(2)7-10-20(21)25/h3-10,12,14,30H,11,13H2,1-2H3. The van der Waals surface area contributed by atoms with E-state index < -0.39 is 10.0 Å². The minimum absolute atomic E-state index is 0.0677. The van der Waals surface area contributed by atoms with Crippen molar-refractivity contribution in [2.75, 3.05) is 10.8 Å². The summed E-state index contributed by atoms with van der Waals surface area (Å²) in [5, 5.41) is 16.2. The number of rotatable bonds is 3. The number of aryl methyl sites for hydroxylation is 2. The van der Waals surface area contributed by atoms with Gasteiger partial charge in [-0.25, -0.2) is 17.7 Å². The first-order chi connectivity index (χ1) is 15.8. The van der Waals surface area contributed by atoms with Crippen LogP contribution in [0.25, 0.3) is 16.9 Å². The lowest BCUT2D eigenvalue weighted by Gasteiger charge is -2.23. The summed E-state index contributed by atoms with van der Waals surface area (Å²) in [6.45, 7) is 3.94. The molecule has 0 aliphatic carbocycles. The van der Waals surface area contributed by atoms with Crippen LogP contribution in [0.15, 0.2) is 65.7 Å². The average molecular weight is 481 g/mol. The smallest absolute Gasteiger partial charge is 0.265 e. The summed E-state index contributed by atoms with van der Waals surface area (Å²) in [6, 6.07) is 15.7. The van der Waals surface area contributed by atoms with Gasteiger partial charge in [-0.1, -0.05) is 35.4 Å². The third kappa shape index (κ3) is 3.55. The minimum atomic E-state index is -3.87. The summed E-state index contributed by atoms with van der Waals surface area (Å²) in [5.74, 6) is 0.207. The number of pyridine rings is 1. The number of halogens is 1. The SMILES string of the molecule is Cc1ccc(S(=O)(=O)N2CCc3c(nn(-c4cc(C)ccc4Cl)c3O)-c3cccnc32)cc1. The van der Waals surface area contributed by atoms with Gasteiger partial charge in [0.15, 0.2) is 5.82 Å². The Morgan fingerprint density at radius 3 is 2.52 bits per heavy atom. The minimum Gasteiger partial charge on any atom is -0.493 e. The van der Waals surface area contributed by atoms with Gasteiger partial charge in [-0.05, 0) is 62.2 Å². The Kier molecular flexibility index (Phi) is 5.14. The van der Waals surface area contributed by atoms with Crippen molar-refractivity contribution in [1.82, 2.24) is 14.8 Å². The van der Waals surface area contributed by atoms with Crippen LogP contribution in [0.2, 0.25) is 5.02 Å². The number of fused-ring (bicyclic) bond motifs is 3. The van der Waals surface area contributed by atoms with E-state index in [1.54, 1.807) is 48.7 Å². The molecular weight excluding hydrogens is 460 g/mol. The Morgan fingerprint density at radius 1 is 1.03 bits per heavy atom. The van der Waals surface area contributed by atoms with Gasteiger partial charge in [0, 0.05) is 23.9 Å². The van der Waals surface area contributed by atoms with Crippen LogP contribution >= 0.6 is 11.6 Å². The molecule has 0 radical (unpaired) electrons. The molecule has 0 fully saturated rings. The zero-order valence-electron chi connectivity index (χ0n) is 18.0. The summed E-state index contributed by atoms with van der Waals surface area (Å²) in [7, 11) is -3.87. The molecule has 0 atom stereocenters. The number of aromatic nitrogens is 3. The molecule has 0 saturated heterocycles. The van der Waals surface area contributed by atoms with Crippen LogP contribution in [0.3, 0.4) is 0 Å². The van der Waals surface area contributed by atoms with Gasteiger partial charge in [0.1, 0.15) is 5.69 Å². The number of nitrogens with zero attached hydrogens (tertiary/aromatic N) is 4. The number of hydrogen-bond donors (Lipinski definition) is 1. The predicted octanol–water partition coefficient (Wildman–Crippen LogP) is 4.66. The molecule has 168 valence electrons. The number of benzene rings is 2. The monoisotopic (exact) mass is 480 g/mol. The molecule has 1 N–H and O–H groups in total. The normalized spacial score (nSPS) is 13.4. The number of hydrogen-bond acceptors (Lipinski definition) is 5. The topological polar surface area (TPSA) is 88.3 Å². The highest BCUT2D eigenvalue weighted by molar-refractivity contribution is 7.92. The van der Waals surface area contributed by atoms with E-state index in [1.165, 1.54) is 8.99 Å². The van der Waals surface area contributed by atoms with Crippen LogP contribution in [0, 0.1) is 13.8 Å². The summed E-state index contributed by atoms with van der Waals surface area (Å²) in [4.78, 5) is 4.59. The van der Waals surface area contributed by atoms with E-state index in [9.17, 15) is 13.5 Å². The molecule has 2 aromatic carbocycles. The fourth-order valence-corrected chi connectivity index (χ4v) is 5.65. The Bertz CT molecular complexity index is 1480. The lowest BCUT2D eigenvalue weighted by molar-refractivity contribution is 0.428. The Morgan fingerprint density at radius 2 is 1.76 bits per heavy atom. The molecule has 33 heavy (non-hydrogen) atoms. The van der Waals surface area contributed by atoms with Crippen molar-refractivity contribution >= 4 is 27.4 Å². The van der Waals surface area contributed by atoms with Crippen molar-refractivity contribution < 1.29 is 13.5 Å². The van der Waals surface area contributed by atoms with Gasteiger partial charge >= 0.3 is 0 Å². The summed E-state index contributed by atoms with van der Waals surface area (Å²) in [6.07, 6.45) is 1.81. The molecular formula is C24H21ClN4O3S. The molecule has 0 saturated carbocycles. The van der Waals surface area contributed by atoms with Gasteiger partial charge in [-0.15, -0.1) is 0 Å². The molecule has 3 heterocycles. The fraction of sp³-hybridized carbons (Fsp3) is 0.167. The predicted molar refractivity (Wildman–Crippen MR) is 128 cm³/mol. The highest BCUT2D eigenvalue weighted by Gasteiger charge is 2.34. The maximum Gasteiger partial charge on any atom is 0.265 e. The number of sulfonamides is 1. The average Bonchev–Trinajstić information content (AvgIpc) is 3.02. The van der Waals surface area contributed by atoms with Crippen molar-refractivity contribution in [3.8, 4) is 22.8 Å². The molecule has 0 amide bonds. The summed E-state index contributed by atoms with van der Waals surface area (Å²) >= 11 is 6.39. The second-order valence-corrected chi connectivity index (χ2v) is 10.3. The van der Waals surface area contributed by atoms with E-state index >= 15 is 0 Å². The van der Waals surface area contributed by atoms with Crippen LogP contribution in [0.5, 0.6) is 5.88 Å². The van der Waals surface area contributed by atoms with Crippen molar-refractivity contribution in [3.63, 3.8) is 0 Å². The van der Waals surface area contributed by atoms with Crippen LogP contribution in [-0.2, 0) is 16.4 Å². The highest BCUT2D eigenvalue weighted by atomic mass is 35.5. The fourth-order valence-electron chi connectivity index (χ4n) is 4.01. The van der Waals surface area contributed by atoms with Crippen molar-refractivity contribution in [1.29, 1.82) is 0 Å². The zero-order chi connectivity index (χ0) is 23.3. The van der Waals surface area contributed by atoms with Gasteiger partial charge in [0.25, 0.3) is 10.0 Å². The lowest BCUT2D eigenvalue weighted by Crippen LogP contribution is -2.33. The molecule has 1 aliphatic heterocycles. The molecule has 9 heteroatoms. The molecule has 5 rings (SSSR count). The second-order valence-electron chi connectivity index (χ2n) is 8.03. The van der Waals surface area contributed by atoms with E-state index in [0.717, 1.165) is 11.1 Å². The van der Waals surface area contributed by atoms with Crippen molar-refractivity contribution in [3.05, 3.63) is 82.5 Å². The Hall–Kier alpha value is -3.36. The zero-order valence-corrected chi connectivity index (χ0v) is 19.6. The maximum absolute atomic E-state index is 13.5. The first kappa shape index (κ1) is 21.5. The molecule has 2 aromatic heterocycles. The van der Waals surface area contributed by atoms with Crippen LogP contribution in [-0.4, -0.2) is 34.8 Å². The van der Waals surface area contributed by atoms with Gasteiger partial charge in [-0.3, -0.25) is 0 Å². The van der Waals surface area contributed by atoms with Gasteiger partial charge < -0.3 is 5.11 Å². The number of anilines is 1. The van der Waals surface area contributed by atoms with E-state index in [0.29, 0.717) is 27.5 Å². The Labute approximate surface area is 197 Å². The quantitative estimate of drug-likeness (QED) is 0.460. The summed E-state index contributed by atoms with van der Waals surface area (Å²) < 4.78 is 29.7. The highest BCUT2D eigenvalue weighted by Crippen LogP contribution is 2.41. The maximum atomic E-state index is 13.5. The molecule has 7 nitrogen and oxygen atoms in total. The largest absolute Gasteiger partial charge is 0.493 e. The molecule has 1 aliphatic rings. The third-order valence-corrected chi connectivity index (χ3v) is 7.86. The van der Waals surface area contributed by atoms with E-state index in [2.05, 4.69) is 10.1 Å². The van der Waals surface area contributed by atoms with Gasteiger partial charge in [0.2, 0.25) is 5.88 Å². The van der Waals surface area contributed by atoms with Crippen molar-refractivity contribution in [2.24, 2.45) is 0 Å². The van der Waals surface area contributed by atoms with Gasteiger partial charge in [0.05, 0.1) is 15.6 Å².